The first kappa shape index (κ1) is 33.7. The van der Waals surface area contributed by atoms with E-state index in [1.54, 1.807) is 13.8 Å². The molecule has 3 nitrogen and oxygen atoms in total. The number of aliphatic hydroxyl groups is 1. The van der Waals surface area contributed by atoms with E-state index < -0.39 is 25.8 Å². The molecule has 38 heavy (non-hydrogen) atoms. The number of alkyl halides is 3. The van der Waals surface area contributed by atoms with Crippen LogP contribution in [0.3, 0.4) is 0 Å². The maximum absolute atomic E-state index is 11.8. The molecule has 0 saturated heterocycles. The standard InChI is InChI=1S/C21H24NSi.C9H13F3O2.Ir/c1-15(2)20-13-17(12-16-8-6-7-9-19(16)20)21-14-18(10-11-22-21)23(3,4)5;1-3-6(4-2)7(13)5-8(14)9(10,11)12;/h6-11,13-15H,1-5H3;5-6,13H,3-4H2,1-2H3;/q-1;;/b;7-5-;. The molecule has 2 aromatic carbocycles. The van der Waals surface area contributed by atoms with Gasteiger partial charge in [-0.05, 0) is 24.8 Å². The summed E-state index contributed by atoms with van der Waals surface area (Å²) >= 11 is 0. The minimum absolute atomic E-state index is 0. The van der Waals surface area contributed by atoms with Crippen molar-refractivity contribution in [2.24, 2.45) is 5.92 Å². The maximum Gasteiger partial charge on any atom is 0.454 e. The number of fused-ring (bicyclic) bond motifs is 1. The van der Waals surface area contributed by atoms with Gasteiger partial charge in [0.15, 0.2) is 0 Å². The molecule has 1 aromatic heterocycles. The van der Waals surface area contributed by atoms with Crippen molar-refractivity contribution in [1.82, 2.24) is 4.98 Å². The number of carbonyl (C=O) groups is 1. The summed E-state index contributed by atoms with van der Waals surface area (Å²) in [7, 11) is -1.34. The fourth-order valence-electron chi connectivity index (χ4n) is 3.96. The molecule has 1 N–H and O–H groups in total. The molecular weight excluding hydrogens is 684 g/mol. The number of hydrogen-bond donors (Lipinski definition) is 1. The summed E-state index contributed by atoms with van der Waals surface area (Å²) < 4.78 is 35.3. The molecular formula is C30H37F3IrNO2Si-. The van der Waals surface area contributed by atoms with Gasteiger partial charge >= 0.3 is 6.18 Å². The minimum atomic E-state index is -4.90. The summed E-state index contributed by atoms with van der Waals surface area (Å²) in [4.78, 5) is 15.1. The van der Waals surface area contributed by atoms with Crippen LogP contribution < -0.4 is 5.19 Å². The molecule has 1 radical (unpaired) electrons. The molecule has 0 aliphatic carbocycles. The normalized spacial score (nSPS) is 12.3. The summed E-state index contributed by atoms with van der Waals surface area (Å²) in [6.45, 7) is 15.1. The van der Waals surface area contributed by atoms with Crippen LogP contribution in [0.15, 0.2) is 60.5 Å². The van der Waals surface area contributed by atoms with Gasteiger partial charge in [0.25, 0.3) is 5.78 Å². The predicted molar refractivity (Wildman–Crippen MR) is 149 cm³/mol. The van der Waals surface area contributed by atoms with Crippen LogP contribution in [0.25, 0.3) is 22.0 Å². The molecule has 0 unspecified atom stereocenters. The summed E-state index contributed by atoms with van der Waals surface area (Å²) in [5.74, 6) is -2.39. The smallest absolute Gasteiger partial charge is 0.454 e. The summed E-state index contributed by atoms with van der Waals surface area (Å²) in [6, 6.07) is 18.8. The number of benzene rings is 2. The molecule has 0 fully saturated rings. The van der Waals surface area contributed by atoms with Gasteiger partial charge in [-0.25, -0.2) is 0 Å². The van der Waals surface area contributed by atoms with Crippen LogP contribution in [0.4, 0.5) is 13.2 Å². The van der Waals surface area contributed by atoms with Crippen molar-refractivity contribution in [2.75, 3.05) is 0 Å². The third-order valence-electron chi connectivity index (χ3n) is 6.29. The summed E-state index contributed by atoms with van der Waals surface area (Å²) in [5.41, 5.74) is 3.51. The molecule has 0 aliphatic rings. The average molecular weight is 721 g/mol. The minimum Gasteiger partial charge on any atom is -0.512 e. The van der Waals surface area contributed by atoms with Gasteiger partial charge in [0.1, 0.15) is 0 Å². The zero-order chi connectivity index (χ0) is 28.0. The molecule has 0 amide bonds. The second-order valence-electron chi connectivity index (χ2n) is 10.5. The van der Waals surface area contributed by atoms with Crippen molar-refractivity contribution in [1.29, 1.82) is 0 Å². The molecule has 209 valence electrons. The van der Waals surface area contributed by atoms with E-state index in [9.17, 15) is 23.1 Å². The third-order valence-corrected chi connectivity index (χ3v) is 8.34. The largest absolute Gasteiger partial charge is 0.512 e. The van der Waals surface area contributed by atoms with E-state index in [1.807, 2.05) is 6.20 Å². The van der Waals surface area contributed by atoms with E-state index in [1.165, 1.54) is 21.5 Å². The number of carbonyl (C=O) groups excluding carboxylic acids is 1. The Morgan fingerprint density at radius 1 is 1.08 bits per heavy atom. The van der Waals surface area contributed by atoms with Crippen LogP contribution in [0.1, 0.15) is 52.0 Å². The van der Waals surface area contributed by atoms with Gasteiger partial charge in [-0.2, -0.15) is 13.2 Å². The number of allylic oxidation sites excluding steroid dienone is 2. The Morgan fingerprint density at radius 3 is 2.21 bits per heavy atom. The Labute approximate surface area is 238 Å². The number of pyridine rings is 1. The van der Waals surface area contributed by atoms with Crippen LogP contribution in [0, 0.1) is 12.0 Å². The quantitative estimate of drug-likeness (QED) is 0.116. The molecule has 0 saturated carbocycles. The summed E-state index contributed by atoms with van der Waals surface area (Å²) in [5, 5.41) is 13.1. The van der Waals surface area contributed by atoms with E-state index in [-0.39, 0.29) is 32.1 Å². The van der Waals surface area contributed by atoms with Gasteiger partial charge in [-0.15, -0.1) is 29.1 Å². The first-order valence-corrected chi connectivity index (χ1v) is 16.1. The fraction of sp³-hybridized carbons (Fsp3) is 0.400. The van der Waals surface area contributed by atoms with Crippen molar-refractivity contribution >= 4 is 29.8 Å². The Hall–Kier alpha value is -2.28. The number of halogens is 3. The number of aliphatic hydroxyl groups excluding tert-OH is 1. The van der Waals surface area contributed by atoms with Crippen LogP contribution in [0.2, 0.25) is 19.6 Å². The van der Waals surface area contributed by atoms with E-state index in [4.69, 9.17) is 0 Å². The zero-order valence-corrected chi connectivity index (χ0v) is 26.4. The Kier molecular flexibility index (Phi) is 12.6. The average Bonchev–Trinajstić information content (AvgIpc) is 2.83. The maximum atomic E-state index is 11.8. The monoisotopic (exact) mass is 721 g/mol. The molecule has 0 aliphatic heterocycles. The van der Waals surface area contributed by atoms with Crippen LogP contribution in [-0.2, 0) is 24.9 Å². The van der Waals surface area contributed by atoms with Crippen LogP contribution in [0.5, 0.6) is 0 Å². The van der Waals surface area contributed by atoms with Crippen LogP contribution >= 0.6 is 0 Å². The second kappa shape index (κ2) is 14.2. The van der Waals surface area contributed by atoms with E-state index in [2.05, 4.69) is 87.0 Å². The zero-order valence-electron chi connectivity index (χ0n) is 23.0. The van der Waals surface area contributed by atoms with Crippen molar-refractivity contribution < 1.29 is 43.2 Å². The first-order chi connectivity index (χ1) is 17.2. The van der Waals surface area contributed by atoms with Gasteiger partial charge in [0.05, 0.1) is 13.8 Å². The van der Waals surface area contributed by atoms with E-state index >= 15 is 0 Å². The molecule has 0 bridgehead atoms. The van der Waals surface area contributed by atoms with Gasteiger partial charge in [-0.3, -0.25) is 9.78 Å². The Morgan fingerprint density at radius 2 is 1.68 bits per heavy atom. The van der Waals surface area contributed by atoms with E-state index in [0.717, 1.165) is 11.3 Å². The van der Waals surface area contributed by atoms with Crippen molar-refractivity contribution in [3.8, 4) is 11.3 Å². The van der Waals surface area contributed by atoms with Gasteiger partial charge in [0.2, 0.25) is 0 Å². The predicted octanol–water partition coefficient (Wildman–Crippen LogP) is 8.36. The second-order valence-corrected chi connectivity index (χ2v) is 15.5. The number of ketones is 1. The molecule has 1 heterocycles. The molecule has 3 aromatic rings. The number of hydrogen-bond acceptors (Lipinski definition) is 3. The fourth-order valence-corrected chi connectivity index (χ4v) is 5.10. The van der Waals surface area contributed by atoms with Crippen LogP contribution in [-0.4, -0.2) is 30.1 Å². The van der Waals surface area contributed by atoms with Gasteiger partial charge in [0, 0.05) is 44.0 Å². The molecule has 3 rings (SSSR count). The third kappa shape index (κ3) is 9.17. The summed E-state index contributed by atoms with van der Waals surface area (Å²) in [6.07, 6.45) is -1.69. The molecule has 8 heteroatoms. The molecule has 0 spiro atoms. The van der Waals surface area contributed by atoms with E-state index in [0.29, 0.717) is 18.8 Å². The number of rotatable bonds is 7. The SMILES string of the molecule is CC(C)c1cc(-c2cc([Si](C)(C)C)ccn2)[c-]c2ccccc12.CCC(CC)/C(O)=C/C(=O)C(F)(F)F.[Ir]. The topological polar surface area (TPSA) is 50.2 Å². The van der Waals surface area contributed by atoms with Crippen molar-refractivity contribution in [3.63, 3.8) is 0 Å². The van der Waals surface area contributed by atoms with Gasteiger partial charge < -0.3 is 5.11 Å². The van der Waals surface area contributed by atoms with Crippen molar-refractivity contribution in [3.05, 3.63) is 72.1 Å². The van der Waals surface area contributed by atoms with Crippen molar-refractivity contribution in [2.45, 2.75) is 72.3 Å². The Balaban J connectivity index is 0.000000420. The Bertz CT molecular complexity index is 1250. The number of nitrogens with zero attached hydrogens (tertiary/aromatic N) is 1. The number of aromatic nitrogens is 1. The first-order valence-electron chi connectivity index (χ1n) is 12.6. The van der Waals surface area contributed by atoms with Gasteiger partial charge in [-0.1, -0.05) is 87.7 Å². The molecule has 0 atom stereocenters.